The fourth-order valence-corrected chi connectivity index (χ4v) is 2.33. The van der Waals surface area contributed by atoms with Gasteiger partial charge in [0.2, 0.25) is 5.91 Å². The maximum Gasteiger partial charge on any atom is 0.227 e. The quantitative estimate of drug-likeness (QED) is 0.836. The van der Waals surface area contributed by atoms with Gasteiger partial charge >= 0.3 is 0 Å². The molecule has 1 aromatic rings. The van der Waals surface area contributed by atoms with Crippen molar-refractivity contribution in [3.63, 3.8) is 0 Å². The third kappa shape index (κ3) is 2.92. The summed E-state index contributed by atoms with van der Waals surface area (Å²) < 4.78 is 10.4. The van der Waals surface area contributed by atoms with Crippen LogP contribution in [0.15, 0.2) is 12.1 Å². The second-order valence-electron chi connectivity index (χ2n) is 4.67. The number of ether oxygens (including phenoxy) is 2. The number of nitrogens with zero attached hydrogens (tertiary/aromatic N) is 1. The maximum absolute atomic E-state index is 12.1. The lowest BCUT2D eigenvalue weighted by Gasteiger charge is -2.17. The van der Waals surface area contributed by atoms with Crippen LogP contribution in [0.25, 0.3) is 0 Å². The van der Waals surface area contributed by atoms with Crippen LogP contribution in [-0.2, 0) is 11.2 Å². The van der Waals surface area contributed by atoms with E-state index in [1.54, 1.807) is 26.4 Å². The zero-order valence-electron chi connectivity index (χ0n) is 11.4. The van der Waals surface area contributed by atoms with Gasteiger partial charge in [-0.25, -0.2) is 0 Å². The Balaban J connectivity index is 2.17. The Morgan fingerprint density at radius 2 is 1.79 bits per heavy atom. The monoisotopic (exact) mass is 264 g/mol. The zero-order chi connectivity index (χ0) is 13.8. The standard InChI is InChI=1S/C14H20N2O3/c1-18-12-7-10(11(15)9-13(12)19-2)8-14(17)16-5-3-4-6-16/h7,9H,3-6,8,15H2,1-2H3. The predicted molar refractivity (Wildman–Crippen MR) is 73.5 cm³/mol. The number of rotatable bonds is 4. The molecule has 1 aliphatic rings. The molecule has 2 rings (SSSR count). The topological polar surface area (TPSA) is 64.8 Å². The minimum absolute atomic E-state index is 0.122. The van der Waals surface area contributed by atoms with Gasteiger partial charge in [0.1, 0.15) is 0 Å². The molecule has 1 heterocycles. The van der Waals surface area contributed by atoms with Gasteiger partial charge in [0.05, 0.1) is 20.6 Å². The van der Waals surface area contributed by atoms with Gasteiger partial charge in [-0.15, -0.1) is 0 Å². The van der Waals surface area contributed by atoms with Crippen molar-refractivity contribution >= 4 is 11.6 Å². The van der Waals surface area contributed by atoms with Crippen molar-refractivity contribution in [1.82, 2.24) is 4.90 Å². The Hall–Kier alpha value is -1.91. The smallest absolute Gasteiger partial charge is 0.227 e. The molecule has 0 saturated carbocycles. The summed E-state index contributed by atoms with van der Waals surface area (Å²) in [5, 5.41) is 0. The van der Waals surface area contributed by atoms with Crippen molar-refractivity contribution in [3.8, 4) is 11.5 Å². The van der Waals surface area contributed by atoms with E-state index in [0.717, 1.165) is 31.5 Å². The van der Waals surface area contributed by atoms with Crippen molar-refractivity contribution in [3.05, 3.63) is 17.7 Å². The van der Waals surface area contributed by atoms with E-state index in [1.807, 2.05) is 4.90 Å². The molecular formula is C14H20N2O3. The van der Waals surface area contributed by atoms with Gasteiger partial charge < -0.3 is 20.1 Å². The van der Waals surface area contributed by atoms with Crippen LogP contribution < -0.4 is 15.2 Å². The summed E-state index contributed by atoms with van der Waals surface area (Å²) in [5.41, 5.74) is 7.31. The van der Waals surface area contributed by atoms with Crippen molar-refractivity contribution in [2.24, 2.45) is 0 Å². The molecule has 1 aliphatic heterocycles. The van der Waals surface area contributed by atoms with Crippen molar-refractivity contribution in [2.75, 3.05) is 33.0 Å². The van der Waals surface area contributed by atoms with Crippen LogP contribution >= 0.6 is 0 Å². The van der Waals surface area contributed by atoms with E-state index in [4.69, 9.17) is 15.2 Å². The lowest BCUT2D eigenvalue weighted by atomic mass is 10.1. The fourth-order valence-electron chi connectivity index (χ4n) is 2.33. The Kier molecular flexibility index (Phi) is 4.14. The molecule has 104 valence electrons. The summed E-state index contributed by atoms with van der Waals surface area (Å²) in [5.74, 6) is 1.30. The minimum Gasteiger partial charge on any atom is -0.493 e. The van der Waals surface area contributed by atoms with E-state index in [9.17, 15) is 4.79 Å². The fraction of sp³-hybridized carbons (Fsp3) is 0.500. The second-order valence-corrected chi connectivity index (χ2v) is 4.67. The van der Waals surface area contributed by atoms with E-state index < -0.39 is 0 Å². The Morgan fingerprint density at radius 3 is 2.37 bits per heavy atom. The molecule has 0 aliphatic carbocycles. The van der Waals surface area contributed by atoms with Gasteiger partial charge in [0.15, 0.2) is 11.5 Å². The van der Waals surface area contributed by atoms with Gasteiger partial charge in [-0.3, -0.25) is 4.79 Å². The van der Waals surface area contributed by atoms with Crippen LogP contribution in [0, 0.1) is 0 Å². The van der Waals surface area contributed by atoms with E-state index in [2.05, 4.69) is 0 Å². The first kappa shape index (κ1) is 13.5. The molecule has 0 spiro atoms. The number of amides is 1. The van der Waals surface area contributed by atoms with Crippen LogP contribution in [-0.4, -0.2) is 38.1 Å². The molecular weight excluding hydrogens is 244 g/mol. The third-order valence-corrected chi connectivity index (χ3v) is 3.45. The number of hydrogen-bond donors (Lipinski definition) is 1. The molecule has 19 heavy (non-hydrogen) atoms. The number of likely N-dealkylation sites (tertiary alicyclic amines) is 1. The zero-order valence-corrected chi connectivity index (χ0v) is 11.4. The summed E-state index contributed by atoms with van der Waals surface area (Å²) in [6, 6.07) is 3.48. The van der Waals surface area contributed by atoms with Gasteiger partial charge in [-0.05, 0) is 24.5 Å². The molecule has 5 heteroatoms. The summed E-state index contributed by atoms with van der Waals surface area (Å²) in [6.07, 6.45) is 2.49. The third-order valence-electron chi connectivity index (χ3n) is 3.45. The highest BCUT2D eigenvalue weighted by atomic mass is 16.5. The molecule has 1 saturated heterocycles. The molecule has 1 fully saturated rings. The molecule has 2 N–H and O–H groups in total. The maximum atomic E-state index is 12.1. The number of nitrogen functional groups attached to an aromatic ring is 1. The second kappa shape index (κ2) is 5.82. The number of benzene rings is 1. The molecule has 1 amide bonds. The number of carbonyl (C=O) groups excluding carboxylic acids is 1. The molecule has 0 bridgehead atoms. The highest BCUT2D eigenvalue weighted by Gasteiger charge is 2.20. The van der Waals surface area contributed by atoms with E-state index >= 15 is 0 Å². The van der Waals surface area contributed by atoms with Crippen LogP contribution in [0.1, 0.15) is 18.4 Å². The lowest BCUT2D eigenvalue weighted by Crippen LogP contribution is -2.29. The average molecular weight is 264 g/mol. The Morgan fingerprint density at radius 1 is 1.21 bits per heavy atom. The Labute approximate surface area is 113 Å². The molecule has 5 nitrogen and oxygen atoms in total. The number of nitrogens with two attached hydrogens (primary N) is 1. The highest BCUT2D eigenvalue weighted by molar-refractivity contribution is 5.81. The predicted octanol–water partition coefficient (Wildman–Crippen LogP) is 1.45. The summed E-state index contributed by atoms with van der Waals surface area (Å²) in [7, 11) is 3.13. The number of methoxy groups -OCH3 is 2. The largest absolute Gasteiger partial charge is 0.493 e. The molecule has 0 atom stereocenters. The van der Waals surface area contributed by atoms with Crippen LogP contribution in [0.2, 0.25) is 0 Å². The summed E-state index contributed by atoms with van der Waals surface area (Å²) in [6.45, 7) is 1.71. The van der Waals surface area contributed by atoms with Crippen LogP contribution in [0.4, 0.5) is 5.69 Å². The normalized spacial score (nSPS) is 14.5. The first-order chi connectivity index (χ1) is 9.15. The summed E-state index contributed by atoms with van der Waals surface area (Å²) in [4.78, 5) is 14.0. The van der Waals surface area contributed by atoms with Crippen molar-refractivity contribution < 1.29 is 14.3 Å². The number of anilines is 1. The SMILES string of the molecule is COc1cc(N)c(CC(=O)N2CCCC2)cc1OC. The van der Waals surface area contributed by atoms with E-state index in [-0.39, 0.29) is 5.91 Å². The number of hydrogen-bond acceptors (Lipinski definition) is 4. The van der Waals surface area contributed by atoms with Crippen LogP contribution in [0.3, 0.4) is 0 Å². The van der Waals surface area contributed by atoms with Crippen molar-refractivity contribution in [2.45, 2.75) is 19.3 Å². The highest BCUT2D eigenvalue weighted by Crippen LogP contribution is 2.32. The Bertz CT molecular complexity index is 468. The molecule has 1 aromatic carbocycles. The van der Waals surface area contributed by atoms with E-state index in [1.165, 1.54) is 0 Å². The first-order valence-corrected chi connectivity index (χ1v) is 6.44. The van der Waals surface area contributed by atoms with Crippen molar-refractivity contribution in [1.29, 1.82) is 0 Å². The summed E-state index contributed by atoms with van der Waals surface area (Å²) >= 11 is 0. The van der Waals surface area contributed by atoms with Gasteiger partial charge in [0, 0.05) is 24.8 Å². The average Bonchev–Trinajstić information content (AvgIpc) is 2.94. The number of carbonyl (C=O) groups is 1. The minimum atomic E-state index is 0.122. The first-order valence-electron chi connectivity index (χ1n) is 6.44. The van der Waals surface area contributed by atoms with Gasteiger partial charge in [-0.2, -0.15) is 0 Å². The molecule has 0 unspecified atom stereocenters. The van der Waals surface area contributed by atoms with E-state index in [0.29, 0.717) is 23.6 Å². The lowest BCUT2D eigenvalue weighted by molar-refractivity contribution is -0.129. The molecule has 0 aromatic heterocycles. The van der Waals surface area contributed by atoms with Gasteiger partial charge in [0.25, 0.3) is 0 Å². The van der Waals surface area contributed by atoms with Crippen LogP contribution in [0.5, 0.6) is 11.5 Å². The van der Waals surface area contributed by atoms with Gasteiger partial charge in [-0.1, -0.05) is 0 Å². The molecule has 0 radical (unpaired) electrons.